The molecule has 1 heterocycles. The first-order valence-corrected chi connectivity index (χ1v) is 8.03. The molecule has 0 aromatic heterocycles. The lowest BCUT2D eigenvalue weighted by Crippen LogP contribution is -2.45. The number of aliphatic hydroxyl groups excluding tert-OH is 1. The van der Waals surface area contributed by atoms with Gasteiger partial charge in [-0.15, -0.1) is 0 Å². The number of methoxy groups -OCH3 is 1. The van der Waals surface area contributed by atoms with E-state index in [9.17, 15) is 5.11 Å². The van der Waals surface area contributed by atoms with Gasteiger partial charge in [-0.1, -0.05) is 18.1 Å². The minimum Gasteiger partial charge on any atom is -0.496 e. The summed E-state index contributed by atoms with van der Waals surface area (Å²) < 4.78 is 5.52. The number of rotatable bonds is 4. The molecule has 2 rings (SSSR count). The molecule has 1 aliphatic rings. The molecule has 118 valence electrons. The second-order valence-corrected chi connectivity index (χ2v) is 6.55. The quantitative estimate of drug-likeness (QED) is 0.920. The summed E-state index contributed by atoms with van der Waals surface area (Å²) in [6, 6.07) is 5.23. The molecule has 1 aliphatic heterocycles. The van der Waals surface area contributed by atoms with Crippen molar-refractivity contribution >= 4 is 0 Å². The van der Waals surface area contributed by atoms with E-state index in [2.05, 4.69) is 37.8 Å². The lowest BCUT2D eigenvalue weighted by molar-refractivity contribution is 0.0402. The van der Waals surface area contributed by atoms with Crippen molar-refractivity contribution in [2.75, 3.05) is 13.7 Å². The zero-order valence-electron chi connectivity index (χ0n) is 14.0. The minimum atomic E-state index is -0.499. The van der Waals surface area contributed by atoms with E-state index in [4.69, 9.17) is 4.74 Å². The Bertz CT molecular complexity index is 476. The zero-order valence-corrected chi connectivity index (χ0v) is 14.0. The van der Waals surface area contributed by atoms with Crippen molar-refractivity contribution in [3.63, 3.8) is 0 Å². The molecule has 3 nitrogen and oxygen atoms in total. The zero-order chi connectivity index (χ0) is 15.6. The molecule has 1 aromatic carbocycles. The van der Waals surface area contributed by atoms with Crippen molar-refractivity contribution in [3.05, 3.63) is 28.8 Å². The Morgan fingerprint density at radius 2 is 1.86 bits per heavy atom. The number of likely N-dealkylation sites (tertiary alicyclic amines) is 1. The van der Waals surface area contributed by atoms with Crippen molar-refractivity contribution in [1.82, 2.24) is 4.90 Å². The molecule has 1 aromatic rings. The SMILES string of the molecule is COc1c(C)cc(C)cc1C(O)CN1C(C)CCCC1C. The van der Waals surface area contributed by atoms with Crippen molar-refractivity contribution in [2.45, 2.75) is 65.1 Å². The van der Waals surface area contributed by atoms with Gasteiger partial charge in [0.05, 0.1) is 13.2 Å². The van der Waals surface area contributed by atoms with E-state index in [0.29, 0.717) is 18.6 Å². The van der Waals surface area contributed by atoms with Gasteiger partial charge in [0.1, 0.15) is 5.75 Å². The highest BCUT2D eigenvalue weighted by atomic mass is 16.5. The molecule has 0 bridgehead atoms. The molecular weight excluding hydrogens is 262 g/mol. The van der Waals surface area contributed by atoms with Gasteiger partial charge in [0, 0.05) is 24.2 Å². The lowest BCUT2D eigenvalue weighted by atomic mass is 9.95. The molecule has 1 N–H and O–H groups in total. The third-order valence-electron chi connectivity index (χ3n) is 4.77. The minimum absolute atomic E-state index is 0.499. The Morgan fingerprint density at radius 3 is 2.43 bits per heavy atom. The first-order valence-electron chi connectivity index (χ1n) is 8.03. The summed E-state index contributed by atoms with van der Waals surface area (Å²) in [4.78, 5) is 2.44. The molecule has 1 fully saturated rings. The van der Waals surface area contributed by atoms with Gasteiger partial charge in [-0.2, -0.15) is 0 Å². The first kappa shape index (κ1) is 16.3. The largest absolute Gasteiger partial charge is 0.496 e. The van der Waals surface area contributed by atoms with Gasteiger partial charge < -0.3 is 9.84 Å². The Labute approximate surface area is 128 Å². The number of nitrogens with zero attached hydrogens (tertiary/aromatic N) is 1. The summed E-state index contributed by atoms with van der Waals surface area (Å²) >= 11 is 0. The van der Waals surface area contributed by atoms with E-state index in [0.717, 1.165) is 16.9 Å². The Hall–Kier alpha value is -1.06. The Morgan fingerprint density at radius 1 is 1.24 bits per heavy atom. The van der Waals surface area contributed by atoms with Crippen LogP contribution < -0.4 is 4.74 Å². The Kier molecular flexibility index (Phi) is 5.28. The summed E-state index contributed by atoms with van der Waals surface area (Å²) in [6.45, 7) is 9.31. The van der Waals surface area contributed by atoms with Gasteiger partial charge in [0.25, 0.3) is 0 Å². The van der Waals surface area contributed by atoms with E-state index in [1.54, 1.807) is 7.11 Å². The lowest BCUT2D eigenvalue weighted by Gasteiger charge is -2.40. The summed E-state index contributed by atoms with van der Waals surface area (Å²) in [5.74, 6) is 0.824. The maximum atomic E-state index is 10.7. The fourth-order valence-corrected chi connectivity index (χ4v) is 3.65. The number of benzene rings is 1. The highest BCUT2D eigenvalue weighted by Gasteiger charge is 2.28. The number of piperidine rings is 1. The molecule has 0 spiro atoms. The van der Waals surface area contributed by atoms with Crippen LogP contribution in [0.5, 0.6) is 5.75 Å². The van der Waals surface area contributed by atoms with Crippen molar-refractivity contribution in [1.29, 1.82) is 0 Å². The standard InChI is InChI=1S/C18H29NO2/c1-12-9-13(2)18(21-5)16(10-12)17(20)11-19-14(3)7-6-8-15(19)4/h9-10,14-15,17,20H,6-8,11H2,1-5H3. The van der Waals surface area contributed by atoms with Crippen LogP contribution >= 0.6 is 0 Å². The fourth-order valence-electron chi connectivity index (χ4n) is 3.65. The second kappa shape index (κ2) is 6.80. The van der Waals surface area contributed by atoms with Gasteiger partial charge in [-0.25, -0.2) is 0 Å². The van der Waals surface area contributed by atoms with Crippen LogP contribution in [0.2, 0.25) is 0 Å². The van der Waals surface area contributed by atoms with E-state index in [1.165, 1.54) is 24.8 Å². The summed E-state index contributed by atoms with van der Waals surface area (Å²) in [5, 5.41) is 10.7. The van der Waals surface area contributed by atoms with Crippen molar-refractivity contribution in [2.24, 2.45) is 0 Å². The molecule has 1 saturated heterocycles. The van der Waals surface area contributed by atoms with Crippen LogP contribution in [0, 0.1) is 13.8 Å². The van der Waals surface area contributed by atoms with Crippen LogP contribution in [-0.4, -0.2) is 35.7 Å². The molecule has 3 unspecified atom stereocenters. The molecule has 3 atom stereocenters. The molecule has 3 heteroatoms. The molecule has 0 aliphatic carbocycles. The normalized spacial score (nSPS) is 24.9. The average Bonchev–Trinajstić information content (AvgIpc) is 2.42. The van der Waals surface area contributed by atoms with Gasteiger partial charge >= 0.3 is 0 Å². The van der Waals surface area contributed by atoms with Crippen LogP contribution in [0.25, 0.3) is 0 Å². The molecule has 21 heavy (non-hydrogen) atoms. The average molecular weight is 291 g/mol. The molecule has 0 amide bonds. The van der Waals surface area contributed by atoms with E-state index < -0.39 is 6.10 Å². The number of β-amino-alcohol motifs (C(OH)–C–C–N with tert-alkyl or cyclic N) is 1. The molecule has 0 radical (unpaired) electrons. The molecule has 0 saturated carbocycles. The van der Waals surface area contributed by atoms with Gasteiger partial charge in [-0.05, 0) is 52.2 Å². The van der Waals surface area contributed by atoms with E-state index in [1.807, 2.05) is 6.92 Å². The summed E-state index contributed by atoms with van der Waals surface area (Å²) in [5.41, 5.74) is 3.17. The monoisotopic (exact) mass is 291 g/mol. The first-order chi connectivity index (χ1) is 9.93. The highest BCUT2D eigenvalue weighted by molar-refractivity contribution is 5.45. The highest BCUT2D eigenvalue weighted by Crippen LogP contribution is 2.32. The number of hydrogen-bond acceptors (Lipinski definition) is 3. The van der Waals surface area contributed by atoms with E-state index >= 15 is 0 Å². The van der Waals surface area contributed by atoms with Crippen molar-refractivity contribution < 1.29 is 9.84 Å². The van der Waals surface area contributed by atoms with Crippen LogP contribution in [-0.2, 0) is 0 Å². The second-order valence-electron chi connectivity index (χ2n) is 6.55. The van der Waals surface area contributed by atoms with Crippen molar-refractivity contribution in [3.8, 4) is 5.75 Å². The maximum absolute atomic E-state index is 10.7. The van der Waals surface area contributed by atoms with Gasteiger partial charge in [-0.3, -0.25) is 4.90 Å². The summed E-state index contributed by atoms with van der Waals surface area (Å²) in [7, 11) is 1.68. The predicted molar refractivity (Wildman–Crippen MR) is 86.9 cm³/mol. The smallest absolute Gasteiger partial charge is 0.127 e. The van der Waals surface area contributed by atoms with Crippen LogP contribution in [0.15, 0.2) is 12.1 Å². The Balaban J connectivity index is 2.21. The number of aliphatic hydroxyl groups is 1. The summed E-state index contributed by atoms with van der Waals surface area (Å²) in [6.07, 6.45) is 3.24. The fraction of sp³-hybridized carbons (Fsp3) is 0.667. The third-order valence-corrected chi connectivity index (χ3v) is 4.77. The topological polar surface area (TPSA) is 32.7 Å². The van der Waals surface area contributed by atoms with Gasteiger partial charge in [0.2, 0.25) is 0 Å². The maximum Gasteiger partial charge on any atom is 0.127 e. The number of ether oxygens (including phenoxy) is 1. The van der Waals surface area contributed by atoms with Crippen LogP contribution in [0.4, 0.5) is 0 Å². The third kappa shape index (κ3) is 3.58. The predicted octanol–water partition coefficient (Wildman–Crippen LogP) is 3.61. The van der Waals surface area contributed by atoms with Crippen LogP contribution in [0.3, 0.4) is 0 Å². The molecular formula is C18H29NO2. The van der Waals surface area contributed by atoms with E-state index in [-0.39, 0.29) is 0 Å². The van der Waals surface area contributed by atoms with Gasteiger partial charge in [0.15, 0.2) is 0 Å². The number of hydrogen-bond donors (Lipinski definition) is 1. The van der Waals surface area contributed by atoms with Crippen LogP contribution in [0.1, 0.15) is 55.9 Å². The number of aryl methyl sites for hydroxylation is 2.